The van der Waals surface area contributed by atoms with E-state index in [1.807, 2.05) is 12.1 Å². The Morgan fingerprint density at radius 3 is 1.03 bits per heavy atom. The Hall–Kier alpha value is -7.94. The summed E-state index contributed by atoms with van der Waals surface area (Å²) in [5.41, 5.74) is 16.4. The summed E-state index contributed by atoms with van der Waals surface area (Å²) in [5.74, 6) is 0. The molecule has 0 aliphatic carbocycles. The number of hydrogen-bond donors (Lipinski definition) is 0. The third kappa shape index (κ3) is 8.95. The molecule has 0 aromatic heterocycles. The Morgan fingerprint density at radius 2 is 0.667 bits per heavy atom. The zero-order chi connectivity index (χ0) is 41.1. The lowest BCUT2D eigenvalue weighted by Crippen LogP contribution is -2.17. The van der Waals surface area contributed by atoms with Crippen molar-refractivity contribution < 1.29 is 0 Å². The van der Waals surface area contributed by atoms with E-state index in [1.165, 1.54) is 16.7 Å². The molecule has 288 valence electrons. The van der Waals surface area contributed by atoms with Gasteiger partial charge in [-0.15, -0.1) is 0 Å². The van der Waals surface area contributed by atoms with Crippen LogP contribution in [0.25, 0.3) is 45.5 Å². The van der Waals surface area contributed by atoms with E-state index in [0.717, 1.165) is 67.5 Å². The first-order chi connectivity index (χ1) is 29.6. The molecule has 0 saturated carbocycles. The van der Waals surface area contributed by atoms with Gasteiger partial charge in [0.05, 0.1) is 5.70 Å². The molecule has 0 amide bonds. The number of benzene rings is 8. The summed E-state index contributed by atoms with van der Waals surface area (Å²) in [5, 5.41) is 0. The number of allylic oxidation sites excluding steroid dienone is 3. The largest absolute Gasteiger partial charge is 0.311 e. The Bertz CT molecular complexity index is 2690. The van der Waals surface area contributed by atoms with Gasteiger partial charge in [-0.05, 0) is 117 Å². The summed E-state index contributed by atoms with van der Waals surface area (Å²) < 4.78 is 0. The van der Waals surface area contributed by atoms with Crippen LogP contribution in [0.5, 0.6) is 0 Å². The van der Waals surface area contributed by atoms with Crippen molar-refractivity contribution in [3.8, 4) is 33.4 Å². The molecule has 0 N–H and O–H groups in total. The van der Waals surface area contributed by atoms with Gasteiger partial charge in [0.15, 0.2) is 0 Å². The topological polar surface area (TPSA) is 6.48 Å². The van der Waals surface area contributed by atoms with E-state index in [4.69, 9.17) is 0 Å². The molecule has 0 heterocycles. The fourth-order valence-corrected chi connectivity index (χ4v) is 7.38. The Kier molecular flexibility index (Phi) is 12.0. The highest BCUT2D eigenvalue weighted by molar-refractivity contribution is 5.80. The maximum absolute atomic E-state index is 4.29. The maximum atomic E-state index is 4.29. The monoisotopic (exact) mass is 770 g/mol. The number of anilines is 5. The molecule has 0 aliphatic rings. The van der Waals surface area contributed by atoms with Gasteiger partial charge in [-0.2, -0.15) is 0 Å². The maximum Gasteiger partial charge on any atom is 0.0527 e. The van der Waals surface area contributed by atoms with Gasteiger partial charge in [0.1, 0.15) is 0 Å². The fraction of sp³-hybridized carbons (Fsp3) is 0. The smallest absolute Gasteiger partial charge is 0.0527 e. The van der Waals surface area contributed by atoms with E-state index >= 15 is 0 Å². The molecule has 8 aromatic rings. The molecule has 0 aliphatic heterocycles. The van der Waals surface area contributed by atoms with E-state index in [2.05, 4.69) is 248 Å². The molecule has 0 saturated heterocycles. The number of hydrogen-bond acceptors (Lipinski definition) is 2. The number of rotatable bonds is 14. The lowest BCUT2D eigenvalue weighted by atomic mass is 10.0. The van der Waals surface area contributed by atoms with Crippen LogP contribution in [0.2, 0.25) is 0 Å². The summed E-state index contributed by atoms with van der Waals surface area (Å²) in [6.07, 6.45) is 9.89. The van der Waals surface area contributed by atoms with Crippen molar-refractivity contribution >= 4 is 40.6 Å². The van der Waals surface area contributed by atoms with Gasteiger partial charge in [-0.25, -0.2) is 0 Å². The second-order valence-corrected chi connectivity index (χ2v) is 14.4. The van der Waals surface area contributed by atoms with Crippen molar-refractivity contribution in [2.24, 2.45) is 0 Å². The molecular formula is C58H46N2. The number of para-hydroxylation sites is 2. The molecule has 0 fully saturated rings. The van der Waals surface area contributed by atoms with Crippen LogP contribution in [0.3, 0.4) is 0 Å². The van der Waals surface area contributed by atoms with Gasteiger partial charge in [0.2, 0.25) is 0 Å². The second-order valence-electron chi connectivity index (χ2n) is 14.4. The minimum atomic E-state index is 0.811. The van der Waals surface area contributed by atoms with Gasteiger partial charge in [0, 0.05) is 28.4 Å². The van der Waals surface area contributed by atoms with Crippen molar-refractivity contribution in [1.82, 2.24) is 0 Å². The average Bonchev–Trinajstić information content (AvgIpc) is 3.32. The van der Waals surface area contributed by atoms with Crippen LogP contribution < -0.4 is 9.80 Å². The van der Waals surface area contributed by atoms with Gasteiger partial charge in [0.25, 0.3) is 0 Å². The standard InChI is InChI=1S/C58H46N2/c1-4-15-58(44(3)5-2)60(56-40-34-50(35-41-56)47-16-9-6-10-17-47)57-42-36-52(37-43-57)49-30-26-46(27-31-49)23-22-45-24-28-48(29-25-45)51-32-38-55(39-33-51)59(53-18-11-7-12-19-53)54-20-13-8-14-21-54/h4-43H,1-3H2. The lowest BCUT2D eigenvalue weighted by Gasteiger charge is -2.28. The molecule has 8 aromatic carbocycles. The zero-order valence-electron chi connectivity index (χ0n) is 33.6. The summed E-state index contributed by atoms with van der Waals surface area (Å²) >= 11 is 0. The minimum absolute atomic E-state index is 0.811. The van der Waals surface area contributed by atoms with Gasteiger partial charge in [-0.1, -0.05) is 196 Å². The lowest BCUT2D eigenvalue weighted by molar-refractivity contribution is 1.19. The SMILES string of the molecule is C=CC=C(C(=C)C=C)N(c1ccc(-c2ccccc2)cc1)c1ccc(-c2ccc(C=Cc3ccc(-c4ccc(N(c5ccccc5)c5ccccc5)cc4)cc3)cc2)cc1. The molecule has 2 heteroatoms. The van der Waals surface area contributed by atoms with Crippen molar-refractivity contribution in [3.05, 3.63) is 273 Å². The average molecular weight is 771 g/mol. The molecule has 0 bridgehead atoms. The van der Waals surface area contributed by atoms with Gasteiger partial charge < -0.3 is 9.80 Å². The first-order valence-corrected chi connectivity index (χ1v) is 20.2. The van der Waals surface area contributed by atoms with E-state index < -0.39 is 0 Å². The highest BCUT2D eigenvalue weighted by Gasteiger charge is 2.17. The van der Waals surface area contributed by atoms with Crippen LogP contribution in [-0.2, 0) is 0 Å². The van der Waals surface area contributed by atoms with Crippen molar-refractivity contribution in [2.75, 3.05) is 9.80 Å². The summed E-state index contributed by atoms with van der Waals surface area (Å²) in [6, 6.07) is 74.9. The second kappa shape index (κ2) is 18.5. The molecule has 0 atom stereocenters. The fourth-order valence-electron chi connectivity index (χ4n) is 7.38. The highest BCUT2D eigenvalue weighted by Crippen LogP contribution is 2.37. The third-order valence-corrected chi connectivity index (χ3v) is 10.6. The predicted octanol–water partition coefficient (Wildman–Crippen LogP) is 16.3. The summed E-state index contributed by atoms with van der Waals surface area (Å²) in [6.45, 7) is 12.3. The first kappa shape index (κ1) is 38.9. The van der Waals surface area contributed by atoms with Crippen LogP contribution in [0, 0.1) is 0 Å². The van der Waals surface area contributed by atoms with E-state index in [0.29, 0.717) is 0 Å². The normalized spacial score (nSPS) is 11.2. The van der Waals surface area contributed by atoms with Gasteiger partial charge in [-0.3, -0.25) is 0 Å². The Morgan fingerprint density at radius 1 is 0.350 bits per heavy atom. The number of nitrogens with zero attached hydrogens (tertiary/aromatic N) is 2. The van der Waals surface area contributed by atoms with Crippen molar-refractivity contribution in [1.29, 1.82) is 0 Å². The van der Waals surface area contributed by atoms with Gasteiger partial charge >= 0.3 is 0 Å². The minimum Gasteiger partial charge on any atom is -0.311 e. The molecule has 0 unspecified atom stereocenters. The summed E-state index contributed by atoms with van der Waals surface area (Å²) in [7, 11) is 0. The Labute approximate surface area is 355 Å². The van der Waals surface area contributed by atoms with Crippen molar-refractivity contribution in [2.45, 2.75) is 0 Å². The van der Waals surface area contributed by atoms with E-state index in [-0.39, 0.29) is 0 Å². The Balaban J connectivity index is 0.953. The molecule has 0 radical (unpaired) electrons. The van der Waals surface area contributed by atoms with E-state index in [1.54, 1.807) is 12.2 Å². The van der Waals surface area contributed by atoms with Crippen LogP contribution in [0.15, 0.2) is 262 Å². The summed E-state index contributed by atoms with van der Waals surface area (Å²) in [4.78, 5) is 4.48. The van der Waals surface area contributed by atoms with Crippen LogP contribution >= 0.6 is 0 Å². The molecule has 8 rings (SSSR count). The highest BCUT2D eigenvalue weighted by atomic mass is 15.2. The van der Waals surface area contributed by atoms with Crippen LogP contribution in [-0.4, -0.2) is 0 Å². The molecular weight excluding hydrogens is 725 g/mol. The molecule has 0 spiro atoms. The van der Waals surface area contributed by atoms with Crippen LogP contribution in [0.4, 0.5) is 28.4 Å². The zero-order valence-corrected chi connectivity index (χ0v) is 33.6. The predicted molar refractivity (Wildman–Crippen MR) is 259 cm³/mol. The molecule has 60 heavy (non-hydrogen) atoms. The van der Waals surface area contributed by atoms with E-state index in [9.17, 15) is 0 Å². The third-order valence-electron chi connectivity index (χ3n) is 10.6. The van der Waals surface area contributed by atoms with Crippen LogP contribution in [0.1, 0.15) is 11.1 Å². The molecule has 2 nitrogen and oxygen atoms in total. The quantitative estimate of drug-likeness (QED) is 0.0803. The van der Waals surface area contributed by atoms with Crippen molar-refractivity contribution in [3.63, 3.8) is 0 Å². The first-order valence-electron chi connectivity index (χ1n) is 20.2.